The van der Waals surface area contributed by atoms with Gasteiger partial charge in [0.2, 0.25) is 0 Å². The van der Waals surface area contributed by atoms with E-state index >= 15 is 0 Å². The van der Waals surface area contributed by atoms with Crippen molar-refractivity contribution in [3.8, 4) is 0 Å². The Morgan fingerprint density at radius 2 is 1.72 bits per heavy atom. The third-order valence-electron chi connectivity index (χ3n) is 3.61. The van der Waals surface area contributed by atoms with Crippen molar-refractivity contribution >= 4 is 76.1 Å². The number of benzene rings is 2. The fraction of sp³-hybridized carbons (Fsp3) is 0.167. The van der Waals surface area contributed by atoms with E-state index in [1.54, 1.807) is 12.3 Å². The Balaban J connectivity index is 0.00000225. The zero-order chi connectivity index (χ0) is 16.9. The topological polar surface area (TPSA) is 17.8 Å². The fourth-order valence-electron chi connectivity index (χ4n) is 2.37. The molecule has 1 unspecified atom stereocenters. The van der Waals surface area contributed by atoms with Crippen molar-refractivity contribution in [3.05, 3.63) is 87.4 Å². The van der Waals surface area contributed by atoms with Crippen LogP contribution in [0.2, 0.25) is 15.1 Å². The quantitative estimate of drug-likeness (QED) is 0.463. The Labute approximate surface area is 189 Å². The van der Waals surface area contributed by atoms with Crippen LogP contribution in [0.3, 0.4) is 0 Å². The molecule has 0 aliphatic rings. The first-order chi connectivity index (χ1) is 11.6. The zero-order valence-corrected chi connectivity index (χ0v) is 15.8. The molecule has 1 atom stereocenters. The van der Waals surface area contributed by atoms with Gasteiger partial charge < -0.3 is 4.57 Å². The van der Waals surface area contributed by atoms with E-state index < -0.39 is 0 Å². The van der Waals surface area contributed by atoms with E-state index in [4.69, 9.17) is 34.8 Å². The van der Waals surface area contributed by atoms with Gasteiger partial charge in [0, 0.05) is 45.0 Å². The summed E-state index contributed by atoms with van der Waals surface area (Å²) in [6.45, 7) is 0.791. The van der Waals surface area contributed by atoms with Crippen LogP contribution in [-0.4, -0.2) is 39.1 Å². The van der Waals surface area contributed by atoms with Crippen LogP contribution in [-0.2, 0) is 12.3 Å². The Kier molecular flexibility index (Phi) is 8.70. The Morgan fingerprint density at radius 3 is 2.36 bits per heavy atom. The Hall–Kier alpha value is -0.130. The van der Waals surface area contributed by atoms with Crippen molar-refractivity contribution in [2.75, 3.05) is 0 Å². The summed E-state index contributed by atoms with van der Waals surface area (Å²) in [5, 5.41) is 2.28. The third kappa shape index (κ3) is 6.21. The molecule has 0 radical (unpaired) electrons. The van der Waals surface area contributed by atoms with Crippen molar-refractivity contribution in [3.63, 3.8) is 0 Å². The number of hydrogen-bond donors (Lipinski definition) is 0. The van der Waals surface area contributed by atoms with E-state index in [1.165, 1.54) is 5.56 Å². The summed E-state index contributed by atoms with van der Waals surface area (Å²) in [5.41, 5.74) is 2.30. The van der Waals surface area contributed by atoms with Gasteiger partial charge >= 0.3 is 29.6 Å². The number of aromatic nitrogens is 2. The van der Waals surface area contributed by atoms with Gasteiger partial charge in [0.25, 0.3) is 0 Å². The first-order valence-corrected chi connectivity index (χ1v) is 9.57. The molecule has 0 amide bonds. The van der Waals surface area contributed by atoms with Crippen LogP contribution in [0.25, 0.3) is 0 Å². The molecule has 3 rings (SSSR count). The summed E-state index contributed by atoms with van der Waals surface area (Å²) < 4.78 is 2.06. The summed E-state index contributed by atoms with van der Waals surface area (Å²) >= 11 is 20.2. The van der Waals surface area contributed by atoms with Gasteiger partial charge in [0.15, 0.2) is 0 Å². The molecule has 0 N–H and O–H groups in total. The van der Waals surface area contributed by atoms with Crippen molar-refractivity contribution in [1.82, 2.24) is 9.55 Å². The average molecular weight is 422 g/mol. The van der Waals surface area contributed by atoms with Crippen LogP contribution in [0.5, 0.6) is 0 Å². The molecule has 0 aliphatic carbocycles. The van der Waals surface area contributed by atoms with Crippen LogP contribution in [0, 0.1) is 0 Å². The second-order valence-electron chi connectivity index (χ2n) is 5.35. The summed E-state index contributed by atoms with van der Waals surface area (Å²) in [4.78, 5) is 4.12. The summed E-state index contributed by atoms with van der Waals surface area (Å²) in [5.74, 6) is 0.871. The molecule has 0 saturated carbocycles. The summed E-state index contributed by atoms with van der Waals surface area (Å²) in [7, 11) is 0. The maximum atomic E-state index is 6.43. The van der Waals surface area contributed by atoms with Crippen molar-refractivity contribution in [1.29, 1.82) is 0 Å². The molecule has 0 saturated heterocycles. The number of halogens is 3. The monoisotopic (exact) mass is 420 g/mol. The minimum absolute atomic E-state index is 0. The third-order valence-corrected chi connectivity index (χ3v) is 5.73. The van der Waals surface area contributed by atoms with Crippen molar-refractivity contribution < 1.29 is 0 Å². The fourth-order valence-corrected chi connectivity index (χ4v) is 4.35. The number of hydrogen-bond acceptors (Lipinski definition) is 2. The normalized spacial score (nSPS) is 11.8. The van der Waals surface area contributed by atoms with E-state index in [2.05, 4.69) is 9.55 Å². The predicted octanol–water partition coefficient (Wildman–Crippen LogP) is 5.87. The first kappa shape index (κ1) is 21.2. The average Bonchev–Trinajstić information content (AvgIpc) is 3.06. The molecule has 25 heavy (non-hydrogen) atoms. The molecule has 3 aromatic rings. The van der Waals surface area contributed by atoms with Gasteiger partial charge in [0.05, 0.1) is 6.33 Å². The van der Waals surface area contributed by atoms with Crippen molar-refractivity contribution in [2.24, 2.45) is 0 Å². The number of nitrogens with zero attached hydrogens (tertiary/aromatic N) is 2. The van der Waals surface area contributed by atoms with Crippen molar-refractivity contribution in [2.45, 2.75) is 17.5 Å². The van der Waals surface area contributed by atoms with Crippen LogP contribution in [0.15, 0.2) is 61.2 Å². The molecular weight excluding hydrogens is 406 g/mol. The standard InChI is InChI=1S/C18H15Cl3N2S.Na.H/c19-14-3-1-13(2-4-14)11-24-18(10-23-8-7-22-12-23)16-6-5-15(20)9-17(16)21;;/h1-9,12,18H,10-11H2;;. The zero-order valence-electron chi connectivity index (χ0n) is 12.7. The molecule has 0 fully saturated rings. The van der Waals surface area contributed by atoms with Gasteiger partial charge in [-0.25, -0.2) is 4.98 Å². The van der Waals surface area contributed by atoms with E-state index in [0.29, 0.717) is 10.0 Å². The summed E-state index contributed by atoms with van der Waals surface area (Å²) in [6, 6.07) is 13.6. The molecule has 1 aromatic heterocycles. The van der Waals surface area contributed by atoms with Gasteiger partial charge in [-0.15, -0.1) is 11.8 Å². The molecule has 0 aliphatic heterocycles. The number of thioether (sulfide) groups is 1. The van der Waals surface area contributed by atoms with Crippen LogP contribution < -0.4 is 0 Å². The molecule has 126 valence electrons. The number of imidazole rings is 1. The minimum atomic E-state index is 0. The van der Waals surface area contributed by atoms with E-state index in [1.807, 2.05) is 60.7 Å². The van der Waals surface area contributed by atoms with Crippen LogP contribution in [0.4, 0.5) is 0 Å². The van der Waals surface area contributed by atoms with Gasteiger partial charge in [0.1, 0.15) is 0 Å². The Bertz CT molecular complexity index is 795. The molecule has 2 aromatic carbocycles. The second-order valence-corrected chi connectivity index (χ2v) is 7.82. The van der Waals surface area contributed by atoms with E-state index in [9.17, 15) is 0 Å². The molecule has 0 spiro atoms. The molecule has 7 heteroatoms. The predicted molar refractivity (Wildman–Crippen MR) is 111 cm³/mol. The molecule has 0 bridgehead atoms. The first-order valence-electron chi connectivity index (χ1n) is 7.38. The van der Waals surface area contributed by atoms with Gasteiger partial charge in [-0.1, -0.05) is 53.0 Å². The van der Waals surface area contributed by atoms with Gasteiger partial charge in [-0.05, 0) is 35.4 Å². The molecule has 2 nitrogen and oxygen atoms in total. The second kappa shape index (κ2) is 10.3. The Morgan fingerprint density at radius 1 is 1.00 bits per heavy atom. The molecule has 1 heterocycles. The van der Waals surface area contributed by atoms with E-state index in [0.717, 1.165) is 22.9 Å². The molecular formula is C18H16Cl3N2NaS. The summed E-state index contributed by atoms with van der Waals surface area (Å²) in [6.07, 6.45) is 5.56. The van der Waals surface area contributed by atoms with E-state index in [-0.39, 0.29) is 34.8 Å². The van der Waals surface area contributed by atoms with Crippen LogP contribution >= 0.6 is 46.6 Å². The van der Waals surface area contributed by atoms with Gasteiger partial charge in [-0.2, -0.15) is 0 Å². The van der Waals surface area contributed by atoms with Crippen LogP contribution in [0.1, 0.15) is 16.4 Å². The number of rotatable bonds is 6. The van der Waals surface area contributed by atoms with Gasteiger partial charge in [-0.3, -0.25) is 0 Å². The SMILES string of the molecule is Clc1ccc(CSC(Cn2ccnc2)c2ccc(Cl)cc2Cl)cc1.[NaH]. The maximum absolute atomic E-state index is 6.43.